The molecule has 2 N–H and O–H groups in total. The third kappa shape index (κ3) is 3.65. The summed E-state index contributed by atoms with van der Waals surface area (Å²) < 4.78 is 0. The minimum Gasteiger partial charge on any atom is -0.360 e. The van der Waals surface area contributed by atoms with E-state index < -0.39 is 0 Å². The number of anilines is 1. The van der Waals surface area contributed by atoms with Crippen molar-refractivity contribution in [1.82, 2.24) is 20.3 Å². The maximum atomic E-state index is 12.4. The predicted octanol–water partition coefficient (Wildman–Crippen LogP) is 2.35. The fraction of sp³-hybridized carbons (Fsp3) is 0.200. The first kappa shape index (κ1) is 16.8. The number of hydrogen-bond acceptors (Lipinski definition) is 5. The van der Waals surface area contributed by atoms with Gasteiger partial charge < -0.3 is 15.2 Å². The molecule has 7 nitrogen and oxygen atoms in total. The standard InChI is InChI=1S/C20H18N6O/c21-12-14-3-1-4-15(11-14)19(27)24-16-7-10-26(13-16)20-23-9-6-18(25-20)17-5-2-8-22-17/h1-6,8-9,11,16,22H,7,10,13H2,(H,24,27). The van der Waals surface area contributed by atoms with E-state index in [1.807, 2.05) is 24.4 Å². The average molecular weight is 358 g/mol. The number of rotatable bonds is 4. The summed E-state index contributed by atoms with van der Waals surface area (Å²) in [6, 6.07) is 14.5. The van der Waals surface area contributed by atoms with Gasteiger partial charge in [-0.05, 0) is 42.8 Å². The van der Waals surface area contributed by atoms with Crippen LogP contribution in [0, 0.1) is 11.3 Å². The normalized spacial score (nSPS) is 16.1. The largest absolute Gasteiger partial charge is 0.360 e. The highest BCUT2D eigenvalue weighted by Gasteiger charge is 2.26. The lowest BCUT2D eigenvalue weighted by molar-refractivity contribution is 0.0940. The molecule has 1 aliphatic rings. The third-order valence-corrected chi connectivity index (χ3v) is 4.58. The van der Waals surface area contributed by atoms with Gasteiger partial charge in [-0.3, -0.25) is 4.79 Å². The molecule has 0 radical (unpaired) electrons. The second-order valence-electron chi connectivity index (χ2n) is 6.42. The van der Waals surface area contributed by atoms with Gasteiger partial charge in [0.05, 0.1) is 23.0 Å². The quantitative estimate of drug-likeness (QED) is 0.746. The van der Waals surface area contributed by atoms with E-state index in [-0.39, 0.29) is 11.9 Å². The Morgan fingerprint density at radius 3 is 3.04 bits per heavy atom. The van der Waals surface area contributed by atoms with Crippen molar-refractivity contribution >= 4 is 11.9 Å². The van der Waals surface area contributed by atoms with Gasteiger partial charge in [0.15, 0.2) is 0 Å². The van der Waals surface area contributed by atoms with Crippen LogP contribution in [0.3, 0.4) is 0 Å². The molecule has 134 valence electrons. The Morgan fingerprint density at radius 1 is 1.30 bits per heavy atom. The number of amides is 1. The van der Waals surface area contributed by atoms with Gasteiger partial charge >= 0.3 is 0 Å². The molecular weight excluding hydrogens is 340 g/mol. The van der Waals surface area contributed by atoms with E-state index in [2.05, 4.69) is 31.2 Å². The fourth-order valence-electron chi connectivity index (χ4n) is 3.20. The zero-order valence-electron chi connectivity index (χ0n) is 14.6. The molecule has 7 heteroatoms. The number of nitrogens with zero attached hydrogens (tertiary/aromatic N) is 4. The van der Waals surface area contributed by atoms with E-state index in [9.17, 15) is 4.79 Å². The van der Waals surface area contributed by atoms with Crippen LogP contribution in [0.5, 0.6) is 0 Å². The highest BCUT2D eigenvalue weighted by Crippen LogP contribution is 2.20. The van der Waals surface area contributed by atoms with Gasteiger partial charge in [0.1, 0.15) is 0 Å². The smallest absolute Gasteiger partial charge is 0.251 e. The number of aromatic nitrogens is 3. The molecule has 0 bridgehead atoms. The van der Waals surface area contributed by atoms with Crippen LogP contribution in [0.2, 0.25) is 0 Å². The van der Waals surface area contributed by atoms with Crippen molar-refractivity contribution in [3.8, 4) is 17.5 Å². The van der Waals surface area contributed by atoms with Crippen LogP contribution in [-0.4, -0.2) is 40.0 Å². The lowest BCUT2D eigenvalue weighted by atomic mass is 10.1. The number of hydrogen-bond donors (Lipinski definition) is 2. The number of benzene rings is 1. The molecule has 1 amide bonds. The van der Waals surface area contributed by atoms with Crippen molar-refractivity contribution in [1.29, 1.82) is 5.26 Å². The second kappa shape index (κ2) is 7.30. The Morgan fingerprint density at radius 2 is 2.22 bits per heavy atom. The Balaban J connectivity index is 1.42. The fourth-order valence-corrected chi connectivity index (χ4v) is 3.20. The van der Waals surface area contributed by atoms with E-state index >= 15 is 0 Å². The summed E-state index contributed by atoms with van der Waals surface area (Å²) in [6.45, 7) is 1.43. The van der Waals surface area contributed by atoms with Gasteiger partial charge in [-0.2, -0.15) is 5.26 Å². The first-order valence-corrected chi connectivity index (χ1v) is 8.76. The Labute approximate surface area is 156 Å². The van der Waals surface area contributed by atoms with E-state index in [1.165, 1.54) is 0 Å². The Hall–Kier alpha value is -3.66. The van der Waals surface area contributed by atoms with E-state index in [0.29, 0.717) is 23.6 Å². The van der Waals surface area contributed by atoms with Gasteiger partial charge in [-0.15, -0.1) is 0 Å². The molecule has 0 saturated carbocycles. The molecule has 1 saturated heterocycles. The molecule has 3 heterocycles. The lowest BCUT2D eigenvalue weighted by Crippen LogP contribution is -2.37. The van der Waals surface area contributed by atoms with Crippen LogP contribution in [0.1, 0.15) is 22.3 Å². The molecular formula is C20H18N6O. The summed E-state index contributed by atoms with van der Waals surface area (Å²) in [4.78, 5) is 26.7. The van der Waals surface area contributed by atoms with Crippen molar-refractivity contribution in [2.75, 3.05) is 18.0 Å². The second-order valence-corrected chi connectivity index (χ2v) is 6.42. The van der Waals surface area contributed by atoms with Crippen molar-refractivity contribution in [2.24, 2.45) is 0 Å². The van der Waals surface area contributed by atoms with Crippen molar-refractivity contribution in [3.63, 3.8) is 0 Å². The van der Waals surface area contributed by atoms with Crippen LogP contribution < -0.4 is 10.2 Å². The van der Waals surface area contributed by atoms with Crippen LogP contribution in [0.4, 0.5) is 5.95 Å². The number of H-pyrrole nitrogens is 1. The summed E-state index contributed by atoms with van der Waals surface area (Å²) in [5.74, 6) is 0.491. The van der Waals surface area contributed by atoms with Gasteiger partial charge in [-0.25, -0.2) is 9.97 Å². The maximum absolute atomic E-state index is 12.4. The van der Waals surface area contributed by atoms with Crippen LogP contribution in [-0.2, 0) is 0 Å². The predicted molar refractivity (Wildman–Crippen MR) is 101 cm³/mol. The summed E-state index contributed by atoms with van der Waals surface area (Å²) in [7, 11) is 0. The number of carbonyl (C=O) groups excluding carboxylic acids is 1. The van der Waals surface area contributed by atoms with Gasteiger partial charge in [-0.1, -0.05) is 6.07 Å². The van der Waals surface area contributed by atoms with E-state index in [4.69, 9.17) is 5.26 Å². The highest BCUT2D eigenvalue weighted by molar-refractivity contribution is 5.94. The molecule has 3 aromatic rings. The number of nitrogens with one attached hydrogen (secondary N) is 2. The third-order valence-electron chi connectivity index (χ3n) is 4.58. The highest BCUT2D eigenvalue weighted by atomic mass is 16.1. The van der Waals surface area contributed by atoms with Gasteiger partial charge in [0.25, 0.3) is 5.91 Å². The topological polar surface area (TPSA) is 97.7 Å². The maximum Gasteiger partial charge on any atom is 0.251 e. The lowest BCUT2D eigenvalue weighted by Gasteiger charge is -2.17. The van der Waals surface area contributed by atoms with E-state index in [0.717, 1.165) is 24.4 Å². The molecule has 0 spiro atoms. The number of aromatic amines is 1. The first-order valence-electron chi connectivity index (χ1n) is 8.76. The Bertz CT molecular complexity index is 992. The summed E-state index contributed by atoms with van der Waals surface area (Å²) in [6.07, 6.45) is 4.43. The average Bonchev–Trinajstić information content (AvgIpc) is 3.40. The summed E-state index contributed by atoms with van der Waals surface area (Å²) >= 11 is 0. The van der Waals surface area contributed by atoms with Gasteiger partial charge in [0.2, 0.25) is 5.95 Å². The van der Waals surface area contributed by atoms with Crippen LogP contribution in [0.15, 0.2) is 54.9 Å². The van der Waals surface area contributed by atoms with Gasteiger partial charge in [0, 0.05) is 37.1 Å². The molecule has 0 aliphatic carbocycles. The van der Waals surface area contributed by atoms with Crippen LogP contribution in [0.25, 0.3) is 11.4 Å². The molecule has 1 atom stereocenters. The van der Waals surface area contributed by atoms with Crippen molar-refractivity contribution in [2.45, 2.75) is 12.5 Å². The number of nitriles is 1. The summed E-state index contributed by atoms with van der Waals surface area (Å²) in [5.41, 5.74) is 2.76. The zero-order valence-corrected chi connectivity index (χ0v) is 14.6. The first-order chi connectivity index (χ1) is 13.2. The monoisotopic (exact) mass is 358 g/mol. The molecule has 27 heavy (non-hydrogen) atoms. The minimum absolute atomic E-state index is 0.0148. The SMILES string of the molecule is N#Cc1cccc(C(=O)NC2CCN(c3nccc(-c4ccc[nH]4)n3)C2)c1. The van der Waals surface area contributed by atoms with Crippen LogP contribution >= 0.6 is 0 Å². The molecule has 2 aromatic heterocycles. The zero-order chi connectivity index (χ0) is 18.6. The molecule has 4 rings (SSSR count). The van der Waals surface area contributed by atoms with E-state index in [1.54, 1.807) is 30.5 Å². The summed E-state index contributed by atoms with van der Waals surface area (Å²) in [5, 5.41) is 12.0. The Kier molecular flexibility index (Phi) is 4.54. The number of carbonyl (C=O) groups is 1. The molecule has 1 aromatic carbocycles. The van der Waals surface area contributed by atoms with Crippen molar-refractivity contribution < 1.29 is 4.79 Å². The minimum atomic E-state index is -0.167. The molecule has 1 aliphatic heterocycles. The molecule has 1 fully saturated rings. The molecule has 1 unspecified atom stereocenters. The van der Waals surface area contributed by atoms with Crippen molar-refractivity contribution in [3.05, 3.63) is 66.0 Å².